The molecule has 0 N–H and O–H groups in total. The van der Waals surface area contributed by atoms with E-state index in [1.807, 2.05) is 41.4 Å². The average molecular weight is 383 g/mol. The number of nitrogens with zero attached hydrogens (tertiary/aromatic N) is 3. The number of amides is 1. The Bertz CT molecular complexity index is 871. The molecule has 0 aliphatic carbocycles. The molecule has 1 aliphatic heterocycles. The first-order valence-corrected chi connectivity index (χ1v) is 9.91. The van der Waals surface area contributed by atoms with Crippen molar-refractivity contribution in [2.75, 3.05) is 32.1 Å². The van der Waals surface area contributed by atoms with E-state index in [0.717, 1.165) is 22.2 Å². The lowest BCUT2D eigenvalue weighted by Crippen LogP contribution is -2.41. The molecule has 0 atom stereocenters. The monoisotopic (exact) mass is 383 g/mol. The minimum atomic E-state index is 0.122. The molecule has 1 aromatic carbocycles. The summed E-state index contributed by atoms with van der Waals surface area (Å²) in [5, 5.41) is 0.812. The van der Waals surface area contributed by atoms with Gasteiger partial charge in [0.15, 0.2) is 5.16 Å². The van der Waals surface area contributed by atoms with Gasteiger partial charge in [0.05, 0.1) is 43.7 Å². The second-order valence-electron chi connectivity index (χ2n) is 6.24. The number of morpholine rings is 1. The Morgan fingerprint density at radius 2 is 1.93 bits per heavy atom. The molecule has 1 fully saturated rings. The number of benzene rings is 1. The molecule has 140 valence electrons. The predicted molar refractivity (Wildman–Crippen MR) is 104 cm³/mol. The number of thioether (sulfide) groups is 1. The summed E-state index contributed by atoms with van der Waals surface area (Å²) in [4.78, 5) is 18.9. The zero-order chi connectivity index (χ0) is 18.5. The minimum Gasteiger partial charge on any atom is -0.467 e. The lowest BCUT2D eigenvalue weighted by atomic mass is 10.2. The van der Waals surface area contributed by atoms with Crippen LogP contribution in [0.4, 0.5) is 0 Å². The predicted octanol–water partition coefficient (Wildman–Crippen LogP) is 3.14. The molecule has 0 radical (unpaired) electrons. The number of ether oxygens (including phenoxy) is 1. The largest absolute Gasteiger partial charge is 0.467 e. The molecule has 1 saturated heterocycles. The van der Waals surface area contributed by atoms with Crippen LogP contribution < -0.4 is 0 Å². The summed E-state index contributed by atoms with van der Waals surface area (Å²) < 4.78 is 12.9. The third-order valence-corrected chi connectivity index (χ3v) is 5.45. The van der Waals surface area contributed by atoms with Crippen molar-refractivity contribution in [3.8, 4) is 11.3 Å². The number of carbonyl (C=O) groups excluding carboxylic acids is 1. The second-order valence-corrected chi connectivity index (χ2v) is 7.18. The van der Waals surface area contributed by atoms with E-state index in [9.17, 15) is 4.79 Å². The fourth-order valence-corrected chi connectivity index (χ4v) is 3.94. The molecule has 1 aliphatic rings. The third-order valence-electron chi connectivity index (χ3n) is 4.47. The Kier molecular flexibility index (Phi) is 5.60. The molecule has 4 rings (SSSR count). The maximum Gasteiger partial charge on any atom is 0.233 e. The fraction of sp³-hybridized carbons (Fsp3) is 0.300. The van der Waals surface area contributed by atoms with Crippen molar-refractivity contribution in [1.29, 1.82) is 0 Å². The van der Waals surface area contributed by atoms with Gasteiger partial charge < -0.3 is 18.6 Å². The van der Waals surface area contributed by atoms with Crippen LogP contribution in [0.15, 0.2) is 64.5 Å². The normalized spacial score (nSPS) is 14.4. The van der Waals surface area contributed by atoms with Gasteiger partial charge in [-0.2, -0.15) is 0 Å². The molecule has 2 aromatic heterocycles. The first-order chi connectivity index (χ1) is 13.3. The minimum absolute atomic E-state index is 0.122. The smallest absolute Gasteiger partial charge is 0.233 e. The lowest BCUT2D eigenvalue weighted by Gasteiger charge is -2.26. The van der Waals surface area contributed by atoms with Gasteiger partial charge in [-0.25, -0.2) is 4.98 Å². The molecule has 0 unspecified atom stereocenters. The summed E-state index contributed by atoms with van der Waals surface area (Å²) in [5.74, 6) is 1.34. The number of imidazole rings is 1. The van der Waals surface area contributed by atoms with Crippen LogP contribution in [0.3, 0.4) is 0 Å². The van der Waals surface area contributed by atoms with Crippen LogP contribution in [0.25, 0.3) is 11.3 Å². The second kappa shape index (κ2) is 8.45. The SMILES string of the molecule is O=C(CSc1ncc(-c2ccccc2)n1Cc1ccco1)N1CCOCC1. The molecular formula is C20H21N3O3S. The number of hydrogen-bond acceptors (Lipinski definition) is 5. The first-order valence-electron chi connectivity index (χ1n) is 8.93. The Labute approximate surface area is 162 Å². The summed E-state index contributed by atoms with van der Waals surface area (Å²) in [6, 6.07) is 14.0. The van der Waals surface area contributed by atoms with Crippen molar-refractivity contribution < 1.29 is 13.9 Å². The van der Waals surface area contributed by atoms with Gasteiger partial charge in [0.1, 0.15) is 5.76 Å². The molecule has 27 heavy (non-hydrogen) atoms. The lowest BCUT2D eigenvalue weighted by molar-refractivity contribution is -0.132. The van der Waals surface area contributed by atoms with Gasteiger partial charge in [0, 0.05) is 13.1 Å². The van der Waals surface area contributed by atoms with Gasteiger partial charge in [-0.1, -0.05) is 42.1 Å². The van der Waals surface area contributed by atoms with Gasteiger partial charge in [0.2, 0.25) is 5.91 Å². The highest BCUT2D eigenvalue weighted by molar-refractivity contribution is 7.99. The number of aromatic nitrogens is 2. The zero-order valence-corrected chi connectivity index (χ0v) is 15.7. The molecule has 1 amide bonds. The van der Waals surface area contributed by atoms with E-state index in [4.69, 9.17) is 9.15 Å². The van der Waals surface area contributed by atoms with Crippen LogP contribution >= 0.6 is 11.8 Å². The molecule has 0 spiro atoms. The average Bonchev–Trinajstić information content (AvgIpc) is 3.38. The van der Waals surface area contributed by atoms with Gasteiger partial charge in [-0.05, 0) is 17.7 Å². The van der Waals surface area contributed by atoms with Crippen LogP contribution in [0.2, 0.25) is 0 Å². The van der Waals surface area contributed by atoms with Gasteiger partial charge in [-0.15, -0.1) is 0 Å². The first kappa shape index (κ1) is 17.9. The molecule has 0 saturated carbocycles. The Morgan fingerprint density at radius 1 is 1.11 bits per heavy atom. The van der Waals surface area contributed by atoms with Crippen LogP contribution in [0.1, 0.15) is 5.76 Å². The van der Waals surface area contributed by atoms with Crippen molar-refractivity contribution in [1.82, 2.24) is 14.5 Å². The number of furan rings is 1. The van der Waals surface area contributed by atoms with Gasteiger partial charge in [-0.3, -0.25) is 4.79 Å². The summed E-state index contributed by atoms with van der Waals surface area (Å²) in [6.07, 6.45) is 3.53. The van der Waals surface area contributed by atoms with Crippen molar-refractivity contribution >= 4 is 17.7 Å². The summed E-state index contributed by atoms with van der Waals surface area (Å²) in [7, 11) is 0. The highest BCUT2D eigenvalue weighted by Gasteiger charge is 2.19. The standard InChI is InChI=1S/C20H21N3O3S/c24-19(22-8-11-25-12-9-22)15-27-20-21-13-18(16-5-2-1-3-6-16)23(20)14-17-7-4-10-26-17/h1-7,10,13H,8-9,11-12,14-15H2. The highest BCUT2D eigenvalue weighted by atomic mass is 32.2. The number of rotatable bonds is 6. The van der Waals surface area contributed by atoms with Crippen LogP contribution in [-0.2, 0) is 16.1 Å². The van der Waals surface area contributed by atoms with E-state index in [1.54, 1.807) is 6.26 Å². The van der Waals surface area contributed by atoms with E-state index in [0.29, 0.717) is 38.6 Å². The van der Waals surface area contributed by atoms with Crippen LogP contribution in [0.5, 0.6) is 0 Å². The molecular weight excluding hydrogens is 362 g/mol. The molecule has 7 heteroatoms. The van der Waals surface area contributed by atoms with Crippen molar-refractivity contribution in [3.63, 3.8) is 0 Å². The van der Waals surface area contributed by atoms with E-state index < -0.39 is 0 Å². The van der Waals surface area contributed by atoms with E-state index in [-0.39, 0.29) is 5.91 Å². The molecule has 3 aromatic rings. The van der Waals surface area contributed by atoms with Crippen molar-refractivity contribution in [3.05, 3.63) is 60.7 Å². The number of carbonyl (C=O) groups is 1. The Morgan fingerprint density at radius 3 is 2.67 bits per heavy atom. The molecule has 0 bridgehead atoms. The van der Waals surface area contributed by atoms with Crippen LogP contribution in [0, 0.1) is 0 Å². The third kappa shape index (κ3) is 4.26. The maximum absolute atomic E-state index is 12.5. The summed E-state index contributed by atoms with van der Waals surface area (Å²) in [6.45, 7) is 3.12. The summed E-state index contributed by atoms with van der Waals surface area (Å²) >= 11 is 1.46. The maximum atomic E-state index is 12.5. The van der Waals surface area contributed by atoms with Crippen molar-refractivity contribution in [2.45, 2.75) is 11.7 Å². The summed E-state index contributed by atoms with van der Waals surface area (Å²) in [5.41, 5.74) is 2.09. The van der Waals surface area contributed by atoms with Crippen molar-refractivity contribution in [2.24, 2.45) is 0 Å². The van der Waals surface area contributed by atoms with Gasteiger partial charge in [0.25, 0.3) is 0 Å². The fourth-order valence-electron chi connectivity index (χ4n) is 3.05. The molecule has 3 heterocycles. The quantitative estimate of drug-likeness (QED) is 0.612. The number of hydrogen-bond donors (Lipinski definition) is 0. The van der Waals surface area contributed by atoms with E-state index in [2.05, 4.69) is 21.7 Å². The topological polar surface area (TPSA) is 60.5 Å². The Balaban J connectivity index is 1.54. The van der Waals surface area contributed by atoms with Crippen LogP contribution in [-0.4, -0.2) is 52.4 Å². The highest BCUT2D eigenvalue weighted by Crippen LogP contribution is 2.27. The zero-order valence-electron chi connectivity index (χ0n) is 14.9. The van der Waals surface area contributed by atoms with Gasteiger partial charge >= 0.3 is 0 Å². The molecule has 6 nitrogen and oxygen atoms in total. The Hall–Kier alpha value is -2.51. The van der Waals surface area contributed by atoms with E-state index in [1.165, 1.54) is 11.8 Å². The van der Waals surface area contributed by atoms with E-state index >= 15 is 0 Å².